The first-order valence-corrected chi connectivity index (χ1v) is 7.18. The molecule has 19 heavy (non-hydrogen) atoms. The lowest BCUT2D eigenvalue weighted by molar-refractivity contribution is 0.196. The van der Waals surface area contributed by atoms with Crippen molar-refractivity contribution in [1.82, 2.24) is 20.4 Å². The van der Waals surface area contributed by atoms with Crippen molar-refractivity contribution in [2.45, 2.75) is 38.5 Å². The minimum absolute atomic E-state index is 0.0449. The van der Waals surface area contributed by atoms with E-state index in [2.05, 4.69) is 48.3 Å². The fraction of sp³-hybridized carbons (Fsp3) is 0.857. The molecule has 0 bridgehead atoms. The van der Waals surface area contributed by atoms with Crippen molar-refractivity contribution in [2.24, 2.45) is 5.92 Å². The average Bonchev–Trinajstić information content (AvgIpc) is 2.87. The molecule has 2 heterocycles. The summed E-state index contributed by atoms with van der Waals surface area (Å²) in [5.74, 6) is 2.18. The highest BCUT2D eigenvalue weighted by molar-refractivity contribution is 5.05. The van der Waals surface area contributed by atoms with Crippen molar-refractivity contribution in [3.05, 3.63) is 11.7 Å². The fourth-order valence-electron chi connectivity index (χ4n) is 2.58. The first kappa shape index (κ1) is 14.5. The number of hydrogen-bond acceptors (Lipinski definition) is 5. The molecule has 2 rings (SSSR count). The van der Waals surface area contributed by atoms with E-state index in [0.29, 0.717) is 5.92 Å². The third kappa shape index (κ3) is 3.54. The molecular formula is C14H26N4O. The van der Waals surface area contributed by atoms with E-state index in [1.807, 2.05) is 0 Å². The number of likely N-dealkylation sites (N-methyl/N-ethyl adjacent to an activating group) is 1. The van der Waals surface area contributed by atoms with Gasteiger partial charge < -0.3 is 14.7 Å². The Morgan fingerprint density at radius 2 is 2.21 bits per heavy atom. The second-order valence-electron chi connectivity index (χ2n) is 6.33. The topological polar surface area (TPSA) is 54.2 Å². The van der Waals surface area contributed by atoms with E-state index in [0.717, 1.165) is 37.8 Å². The first-order valence-electron chi connectivity index (χ1n) is 7.18. The molecule has 0 spiro atoms. The second-order valence-corrected chi connectivity index (χ2v) is 6.33. The highest BCUT2D eigenvalue weighted by Gasteiger charge is 2.37. The average molecular weight is 266 g/mol. The van der Waals surface area contributed by atoms with Crippen LogP contribution in [0.3, 0.4) is 0 Å². The van der Waals surface area contributed by atoms with Gasteiger partial charge in [-0.25, -0.2) is 0 Å². The quantitative estimate of drug-likeness (QED) is 0.874. The third-order valence-electron chi connectivity index (χ3n) is 4.12. The van der Waals surface area contributed by atoms with Gasteiger partial charge in [0.15, 0.2) is 5.82 Å². The van der Waals surface area contributed by atoms with Gasteiger partial charge in [-0.05, 0) is 45.9 Å². The Bertz CT molecular complexity index is 394. The molecule has 5 heteroatoms. The monoisotopic (exact) mass is 266 g/mol. The van der Waals surface area contributed by atoms with Crippen LogP contribution in [0.2, 0.25) is 0 Å². The van der Waals surface area contributed by atoms with E-state index in [-0.39, 0.29) is 5.41 Å². The summed E-state index contributed by atoms with van der Waals surface area (Å²) in [6, 6.07) is 0. The van der Waals surface area contributed by atoms with Crippen molar-refractivity contribution in [1.29, 1.82) is 0 Å². The summed E-state index contributed by atoms with van der Waals surface area (Å²) in [4.78, 5) is 6.73. The normalized spacial score (nSPS) is 21.0. The molecule has 0 aromatic carbocycles. The van der Waals surface area contributed by atoms with Crippen molar-refractivity contribution in [3.63, 3.8) is 0 Å². The molecule has 108 valence electrons. The summed E-state index contributed by atoms with van der Waals surface area (Å²) in [5.41, 5.74) is -0.0449. The van der Waals surface area contributed by atoms with Crippen LogP contribution >= 0.6 is 0 Å². The van der Waals surface area contributed by atoms with E-state index in [4.69, 9.17) is 4.52 Å². The SMILES string of the molecule is CN(C)CCc1noc(C(C)(C)C2CCCNC2)n1. The maximum absolute atomic E-state index is 5.51. The fourth-order valence-corrected chi connectivity index (χ4v) is 2.58. The molecule has 1 unspecified atom stereocenters. The zero-order valence-corrected chi connectivity index (χ0v) is 12.6. The molecule has 0 saturated carbocycles. The minimum Gasteiger partial charge on any atom is -0.339 e. The molecule has 1 aromatic heterocycles. The zero-order chi connectivity index (χ0) is 13.9. The molecule has 1 atom stereocenters. The highest BCUT2D eigenvalue weighted by atomic mass is 16.5. The molecule has 5 nitrogen and oxygen atoms in total. The van der Waals surface area contributed by atoms with Crippen molar-refractivity contribution in [2.75, 3.05) is 33.7 Å². The molecular weight excluding hydrogens is 240 g/mol. The Labute approximate surface area is 115 Å². The van der Waals surface area contributed by atoms with Crippen LogP contribution in [-0.4, -0.2) is 48.8 Å². The van der Waals surface area contributed by atoms with Gasteiger partial charge in [0.05, 0.1) is 0 Å². The van der Waals surface area contributed by atoms with E-state index in [1.54, 1.807) is 0 Å². The van der Waals surface area contributed by atoms with Gasteiger partial charge >= 0.3 is 0 Å². The number of rotatable bonds is 5. The van der Waals surface area contributed by atoms with Crippen molar-refractivity contribution < 1.29 is 4.52 Å². The second kappa shape index (κ2) is 6.01. The van der Waals surface area contributed by atoms with Gasteiger partial charge in [-0.15, -0.1) is 0 Å². The smallest absolute Gasteiger partial charge is 0.232 e. The summed E-state index contributed by atoms with van der Waals surface area (Å²) in [6.07, 6.45) is 3.31. The van der Waals surface area contributed by atoms with E-state index in [9.17, 15) is 0 Å². The summed E-state index contributed by atoms with van der Waals surface area (Å²) in [5, 5.41) is 7.58. The lowest BCUT2D eigenvalue weighted by atomic mass is 9.75. The Morgan fingerprint density at radius 1 is 1.42 bits per heavy atom. The van der Waals surface area contributed by atoms with Gasteiger partial charge in [0.1, 0.15) is 0 Å². The lowest BCUT2D eigenvalue weighted by Gasteiger charge is -2.34. The number of aromatic nitrogens is 2. The Balaban J connectivity index is 2.03. The van der Waals surface area contributed by atoms with E-state index >= 15 is 0 Å². The first-order chi connectivity index (χ1) is 9.00. The molecule has 0 radical (unpaired) electrons. The summed E-state index contributed by atoms with van der Waals surface area (Å²) in [7, 11) is 4.11. The van der Waals surface area contributed by atoms with Crippen LogP contribution in [0.4, 0.5) is 0 Å². The van der Waals surface area contributed by atoms with Crippen LogP contribution in [0.25, 0.3) is 0 Å². The largest absolute Gasteiger partial charge is 0.339 e. The molecule has 1 fully saturated rings. The van der Waals surface area contributed by atoms with Crippen LogP contribution in [0.1, 0.15) is 38.4 Å². The number of piperidine rings is 1. The molecule has 1 aliphatic heterocycles. The van der Waals surface area contributed by atoms with Crippen LogP contribution in [0.5, 0.6) is 0 Å². The molecule has 0 amide bonds. The standard InChI is InChI=1S/C14H26N4O/c1-14(2,11-6-5-8-15-10-11)13-16-12(17-19-13)7-9-18(3)4/h11,15H,5-10H2,1-4H3. The summed E-state index contributed by atoms with van der Waals surface area (Å²) in [6.45, 7) is 7.55. The predicted molar refractivity (Wildman–Crippen MR) is 75.2 cm³/mol. The Hall–Kier alpha value is -0.940. The number of nitrogens with one attached hydrogen (secondary N) is 1. The van der Waals surface area contributed by atoms with Crippen LogP contribution in [0.15, 0.2) is 4.52 Å². The van der Waals surface area contributed by atoms with Gasteiger partial charge in [-0.2, -0.15) is 4.98 Å². The maximum atomic E-state index is 5.51. The van der Waals surface area contributed by atoms with Crippen molar-refractivity contribution >= 4 is 0 Å². The van der Waals surface area contributed by atoms with Crippen LogP contribution < -0.4 is 5.32 Å². The summed E-state index contributed by atoms with van der Waals surface area (Å²) < 4.78 is 5.51. The van der Waals surface area contributed by atoms with Crippen LogP contribution in [0, 0.1) is 5.92 Å². The molecule has 1 N–H and O–H groups in total. The van der Waals surface area contributed by atoms with Crippen LogP contribution in [-0.2, 0) is 11.8 Å². The molecule has 1 aliphatic rings. The van der Waals surface area contributed by atoms with Gasteiger partial charge in [0.2, 0.25) is 5.89 Å². The zero-order valence-electron chi connectivity index (χ0n) is 12.6. The number of nitrogens with zero attached hydrogens (tertiary/aromatic N) is 3. The van der Waals surface area contributed by atoms with E-state index < -0.39 is 0 Å². The van der Waals surface area contributed by atoms with Gasteiger partial charge in [0, 0.05) is 18.4 Å². The minimum atomic E-state index is -0.0449. The predicted octanol–water partition coefficient (Wildman–Crippen LogP) is 1.45. The highest BCUT2D eigenvalue weighted by Crippen LogP contribution is 2.34. The Morgan fingerprint density at radius 3 is 2.84 bits per heavy atom. The Kier molecular flexibility index (Phi) is 4.58. The molecule has 1 saturated heterocycles. The van der Waals surface area contributed by atoms with E-state index in [1.165, 1.54) is 12.8 Å². The van der Waals surface area contributed by atoms with Crippen molar-refractivity contribution in [3.8, 4) is 0 Å². The molecule has 0 aliphatic carbocycles. The lowest BCUT2D eigenvalue weighted by Crippen LogP contribution is -2.41. The number of hydrogen-bond donors (Lipinski definition) is 1. The third-order valence-corrected chi connectivity index (χ3v) is 4.12. The molecule has 1 aromatic rings. The van der Waals surface area contributed by atoms with Gasteiger partial charge in [0.25, 0.3) is 0 Å². The summed E-state index contributed by atoms with van der Waals surface area (Å²) >= 11 is 0. The van der Waals surface area contributed by atoms with Gasteiger partial charge in [-0.3, -0.25) is 0 Å². The maximum Gasteiger partial charge on any atom is 0.232 e. The van der Waals surface area contributed by atoms with Gasteiger partial charge in [-0.1, -0.05) is 19.0 Å².